The van der Waals surface area contributed by atoms with Crippen LogP contribution in [0.25, 0.3) is 0 Å². The largest absolute Gasteiger partial charge is 0.872 e. The number of ether oxygens (including phenoxy) is 2. The lowest BCUT2D eigenvalue weighted by atomic mass is 10.2. The zero-order chi connectivity index (χ0) is 26.0. The molecule has 0 aliphatic rings. The molecule has 3 aromatic carbocycles. The van der Waals surface area contributed by atoms with Crippen LogP contribution in [0.3, 0.4) is 0 Å². The van der Waals surface area contributed by atoms with Gasteiger partial charge in [-0.25, -0.2) is 0 Å². The van der Waals surface area contributed by atoms with E-state index < -0.39 is 7.75 Å². The summed E-state index contributed by atoms with van der Waals surface area (Å²) in [5, 5.41) is 18.8. The van der Waals surface area contributed by atoms with Crippen molar-refractivity contribution < 1.29 is 32.5 Å². The molecule has 4 aromatic rings. The van der Waals surface area contributed by atoms with E-state index in [0.717, 1.165) is 0 Å². The third kappa shape index (κ3) is 7.16. The lowest BCUT2D eigenvalue weighted by Crippen LogP contribution is -2.35. The molecule has 0 aliphatic heterocycles. The second-order valence-corrected chi connectivity index (χ2v) is 8.92. The minimum absolute atomic E-state index is 0.117. The standard InChI is InChI=1S/C19H19N2O5P.C7H5NO/c1-23-16-3-7-18(8-4-16)25-27(22,21-13-11-15(20)12-14-21)26-19-9-5-17(24-2)6-10-19;8-5-6-2-1-3-7(9)4-6/h3-14,20H,1-2H3;1-4,9H. The Labute approximate surface area is 209 Å². The highest BCUT2D eigenvalue weighted by Gasteiger charge is 2.42. The predicted octanol–water partition coefficient (Wildman–Crippen LogP) is 4.32. The summed E-state index contributed by atoms with van der Waals surface area (Å²) in [5.74, 6) is 1.95. The van der Waals surface area contributed by atoms with Gasteiger partial charge in [-0.05, 0) is 54.6 Å². The number of nitriles is 1. The quantitative estimate of drug-likeness (QED) is 0.368. The first kappa shape index (κ1) is 25.9. The van der Waals surface area contributed by atoms with Gasteiger partial charge in [0.1, 0.15) is 23.0 Å². The van der Waals surface area contributed by atoms with Crippen molar-refractivity contribution in [3.8, 4) is 34.8 Å². The average Bonchev–Trinajstić information content (AvgIpc) is 2.90. The number of pyridine rings is 1. The number of nitrogens with zero attached hydrogens (tertiary/aromatic N) is 2. The molecule has 0 radical (unpaired) electrons. The number of hydrogen-bond acceptors (Lipinski definition) is 8. The van der Waals surface area contributed by atoms with Gasteiger partial charge in [-0.15, -0.1) is 5.75 Å². The van der Waals surface area contributed by atoms with Crippen LogP contribution in [-0.2, 0) is 4.57 Å². The zero-order valence-electron chi connectivity index (χ0n) is 19.6. The van der Waals surface area contributed by atoms with Gasteiger partial charge in [0.15, 0.2) is 12.4 Å². The van der Waals surface area contributed by atoms with Crippen molar-refractivity contribution in [3.63, 3.8) is 0 Å². The summed E-state index contributed by atoms with van der Waals surface area (Å²) in [6, 6.07) is 24.4. The third-order valence-corrected chi connectivity index (χ3v) is 6.36. The molecule has 0 atom stereocenters. The molecule has 2 N–H and O–H groups in total. The normalized spacial score (nSPS) is 10.2. The van der Waals surface area contributed by atoms with Crippen LogP contribution in [0.2, 0.25) is 0 Å². The maximum absolute atomic E-state index is 13.6. The van der Waals surface area contributed by atoms with Crippen molar-refractivity contribution in [2.45, 2.75) is 0 Å². The van der Waals surface area contributed by atoms with E-state index in [-0.39, 0.29) is 5.75 Å². The molecule has 1 aromatic heterocycles. The number of rotatable bonds is 7. The van der Waals surface area contributed by atoms with Gasteiger partial charge in [0, 0.05) is 17.8 Å². The predicted molar refractivity (Wildman–Crippen MR) is 132 cm³/mol. The summed E-state index contributed by atoms with van der Waals surface area (Å²) in [7, 11) is -0.669. The minimum Gasteiger partial charge on any atom is -0.872 e. The Morgan fingerprint density at radius 3 is 1.67 bits per heavy atom. The van der Waals surface area contributed by atoms with Crippen LogP contribution in [0.1, 0.15) is 5.56 Å². The fourth-order valence-corrected chi connectivity index (χ4v) is 4.27. The highest BCUT2D eigenvalue weighted by molar-refractivity contribution is 7.47. The molecular weight excluding hydrogens is 481 g/mol. The smallest absolute Gasteiger partial charge is 0.728 e. The molecule has 36 heavy (non-hydrogen) atoms. The van der Waals surface area contributed by atoms with Crippen molar-refractivity contribution in [2.75, 3.05) is 20.0 Å². The number of anilines is 1. The Hall–Kier alpha value is -4.67. The fraction of sp³-hybridized carbons (Fsp3) is 0.0769. The summed E-state index contributed by atoms with van der Waals surface area (Å²) in [6.45, 7) is 0. The van der Waals surface area contributed by atoms with Crippen molar-refractivity contribution in [1.29, 1.82) is 5.26 Å². The Morgan fingerprint density at radius 1 is 0.806 bits per heavy atom. The molecule has 10 heteroatoms. The molecule has 184 valence electrons. The fourth-order valence-electron chi connectivity index (χ4n) is 2.81. The number of nitrogen functional groups attached to an aromatic ring is 1. The second-order valence-electron chi connectivity index (χ2n) is 7.15. The van der Waals surface area contributed by atoms with Crippen molar-refractivity contribution in [2.24, 2.45) is 0 Å². The summed E-state index contributed by atoms with van der Waals surface area (Å²) >= 11 is 0. The van der Waals surface area contributed by atoms with Crippen LogP contribution in [-0.4, -0.2) is 14.2 Å². The summed E-state index contributed by atoms with van der Waals surface area (Å²) in [5.41, 5.74) is 6.68. The average molecular weight is 505 g/mol. The number of hydrogen-bond donors (Lipinski definition) is 1. The van der Waals surface area contributed by atoms with Crippen molar-refractivity contribution in [1.82, 2.24) is 0 Å². The van der Waals surface area contributed by atoms with Crippen LogP contribution in [0.4, 0.5) is 5.69 Å². The van der Waals surface area contributed by atoms with E-state index in [0.29, 0.717) is 34.2 Å². The molecule has 0 spiro atoms. The van der Waals surface area contributed by atoms with E-state index in [2.05, 4.69) is 0 Å². The molecule has 0 saturated carbocycles. The van der Waals surface area contributed by atoms with Gasteiger partial charge in [0.2, 0.25) is 0 Å². The van der Waals surface area contributed by atoms with E-state index in [1.54, 1.807) is 99.4 Å². The number of benzene rings is 3. The molecule has 9 nitrogen and oxygen atoms in total. The minimum atomic E-state index is -3.80. The Bertz CT molecular complexity index is 1300. The van der Waals surface area contributed by atoms with Gasteiger partial charge in [-0.1, -0.05) is 22.5 Å². The van der Waals surface area contributed by atoms with Crippen molar-refractivity contribution >= 4 is 13.4 Å². The van der Waals surface area contributed by atoms with E-state index in [9.17, 15) is 9.67 Å². The van der Waals surface area contributed by atoms with Crippen LogP contribution in [0, 0.1) is 11.3 Å². The zero-order valence-corrected chi connectivity index (χ0v) is 20.5. The maximum Gasteiger partial charge on any atom is 0.728 e. The highest BCUT2D eigenvalue weighted by Crippen LogP contribution is 2.44. The SMILES string of the molecule is COc1ccc(OP(=O)(Oc2ccc(OC)cc2)[n+]2ccc(N)cc2)cc1.N#Cc1cccc([O-])c1. The van der Waals surface area contributed by atoms with Crippen LogP contribution in [0.5, 0.6) is 28.7 Å². The number of methoxy groups -OCH3 is 2. The van der Waals surface area contributed by atoms with Crippen LogP contribution < -0.4 is 33.7 Å². The van der Waals surface area contributed by atoms with Crippen LogP contribution in [0.15, 0.2) is 97.3 Å². The first-order valence-corrected chi connectivity index (χ1v) is 12.1. The molecule has 0 saturated heterocycles. The topological polar surface area (TPSA) is 131 Å². The lowest BCUT2D eigenvalue weighted by molar-refractivity contribution is -0.536. The molecule has 0 unspecified atom stereocenters. The van der Waals surface area contributed by atoms with Crippen LogP contribution >= 0.6 is 7.75 Å². The number of nitrogens with two attached hydrogens (primary N) is 1. The molecule has 0 aliphatic carbocycles. The molecule has 0 amide bonds. The van der Waals surface area contributed by atoms with E-state index in [1.807, 2.05) is 6.07 Å². The van der Waals surface area contributed by atoms with E-state index >= 15 is 0 Å². The molecule has 1 heterocycles. The van der Waals surface area contributed by atoms with Gasteiger partial charge in [0.05, 0.1) is 25.9 Å². The van der Waals surface area contributed by atoms with Crippen molar-refractivity contribution in [3.05, 3.63) is 103 Å². The summed E-state index contributed by atoms with van der Waals surface area (Å²) in [6.07, 6.45) is 3.09. The summed E-state index contributed by atoms with van der Waals surface area (Å²) in [4.78, 5) is 0. The lowest BCUT2D eigenvalue weighted by Gasteiger charge is -2.14. The van der Waals surface area contributed by atoms with Gasteiger partial charge in [-0.3, -0.25) is 0 Å². The van der Waals surface area contributed by atoms with Gasteiger partial charge < -0.3 is 29.4 Å². The van der Waals surface area contributed by atoms with Gasteiger partial charge >= 0.3 is 7.75 Å². The summed E-state index contributed by atoms with van der Waals surface area (Å²) < 4.78 is 36.7. The molecule has 0 bridgehead atoms. The molecular formula is C26H24N3O6P. The third-order valence-electron chi connectivity index (χ3n) is 4.65. The molecule has 0 fully saturated rings. The second kappa shape index (κ2) is 12.2. The highest BCUT2D eigenvalue weighted by atomic mass is 31.2. The first-order chi connectivity index (χ1) is 17.3. The van der Waals surface area contributed by atoms with Gasteiger partial charge in [0.25, 0.3) is 0 Å². The van der Waals surface area contributed by atoms with Gasteiger partial charge in [-0.2, -0.15) is 9.83 Å². The Balaban J connectivity index is 0.000000338. The Morgan fingerprint density at radius 2 is 1.28 bits per heavy atom. The maximum atomic E-state index is 13.6. The monoisotopic (exact) mass is 505 g/mol. The first-order valence-electron chi connectivity index (χ1n) is 10.6. The van der Waals surface area contributed by atoms with E-state index in [4.69, 9.17) is 29.5 Å². The Kier molecular flexibility index (Phi) is 8.76. The number of aromatic nitrogens is 1. The van der Waals surface area contributed by atoms with E-state index in [1.165, 1.54) is 16.5 Å². The molecule has 4 rings (SSSR count).